The summed E-state index contributed by atoms with van der Waals surface area (Å²) in [6.45, 7) is 8.33. The zero-order valence-corrected chi connectivity index (χ0v) is 18.7. The van der Waals surface area contributed by atoms with Crippen molar-refractivity contribution in [1.29, 1.82) is 0 Å². The van der Waals surface area contributed by atoms with Gasteiger partial charge in [-0.15, -0.1) is 0 Å². The van der Waals surface area contributed by atoms with Gasteiger partial charge in [0.1, 0.15) is 0 Å². The highest BCUT2D eigenvalue weighted by Gasteiger charge is 2.21. The number of hydrogen-bond acceptors (Lipinski definition) is 4. The number of rotatable bonds is 7. The summed E-state index contributed by atoms with van der Waals surface area (Å²) in [6, 6.07) is 14.2. The minimum Gasteiger partial charge on any atom is -0.348 e. The topological polar surface area (TPSA) is 78.5 Å². The molecule has 2 atom stereocenters. The van der Waals surface area contributed by atoms with Gasteiger partial charge in [-0.1, -0.05) is 38.1 Å². The van der Waals surface area contributed by atoms with Crippen molar-refractivity contribution in [2.24, 2.45) is 11.8 Å². The Morgan fingerprint density at radius 3 is 2.10 bits per heavy atom. The average molecular weight is 430 g/mol. The summed E-state index contributed by atoms with van der Waals surface area (Å²) in [4.78, 5) is 15.0. The third-order valence-corrected chi connectivity index (χ3v) is 6.95. The van der Waals surface area contributed by atoms with E-state index in [4.69, 9.17) is 0 Å². The normalized spacial score (nSPS) is 20.1. The minimum atomic E-state index is -3.50. The Bertz CT molecular complexity index is 946. The van der Waals surface area contributed by atoms with Gasteiger partial charge < -0.3 is 5.32 Å². The Morgan fingerprint density at radius 2 is 1.53 bits per heavy atom. The predicted molar refractivity (Wildman–Crippen MR) is 119 cm³/mol. The summed E-state index contributed by atoms with van der Waals surface area (Å²) in [7, 11) is -2.15. The van der Waals surface area contributed by atoms with Crippen LogP contribution < -0.4 is 10.0 Å². The number of nitrogens with zero attached hydrogens (tertiary/aromatic N) is 1. The zero-order valence-electron chi connectivity index (χ0n) is 17.9. The maximum absolute atomic E-state index is 12.4. The van der Waals surface area contributed by atoms with Crippen LogP contribution in [0.25, 0.3) is 0 Å². The molecule has 0 aliphatic carbocycles. The molecule has 0 spiro atoms. The molecule has 7 heteroatoms. The Kier molecular flexibility index (Phi) is 7.28. The molecule has 2 N–H and O–H groups in total. The summed E-state index contributed by atoms with van der Waals surface area (Å²) < 4.78 is 25.8. The number of carbonyl (C=O) groups is 1. The van der Waals surface area contributed by atoms with Crippen LogP contribution in [0.15, 0.2) is 53.4 Å². The van der Waals surface area contributed by atoms with E-state index in [-0.39, 0.29) is 10.8 Å². The van der Waals surface area contributed by atoms with E-state index in [9.17, 15) is 13.2 Å². The number of sulfonamides is 1. The average Bonchev–Trinajstić information content (AvgIpc) is 2.72. The number of hydrogen-bond donors (Lipinski definition) is 2. The first-order valence-electron chi connectivity index (χ1n) is 10.4. The van der Waals surface area contributed by atoms with E-state index in [2.05, 4.69) is 53.1 Å². The molecule has 30 heavy (non-hydrogen) atoms. The maximum atomic E-state index is 12.4. The molecule has 1 aliphatic rings. The Labute approximate surface area is 179 Å². The van der Waals surface area contributed by atoms with Crippen LogP contribution in [0.3, 0.4) is 0 Å². The first-order chi connectivity index (χ1) is 14.3. The molecule has 1 fully saturated rings. The fourth-order valence-electron chi connectivity index (χ4n) is 4.13. The summed E-state index contributed by atoms with van der Waals surface area (Å²) in [5, 5.41) is 2.89. The number of nitrogens with one attached hydrogen (secondary N) is 2. The van der Waals surface area contributed by atoms with Crippen molar-refractivity contribution < 1.29 is 13.2 Å². The van der Waals surface area contributed by atoms with Gasteiger partial charge in [0.25, 0.3) is 5.91 Å². The van der Waals surface area contributed by atoms with Crippen LogP contribution >= 0.6 is 0 Å². The fourth-order valence-corrected chi connectivity index (χ4v) is 4.86. The van der Waals surface area contributed by atoms with Gasteiger partial charge >= 0.3 is 0 Å². The second-order valence-electron chi connectivity index (χ2n) is 8.37. The monoisotopic (exact) mass is 429 g/mol. The molecule has 1 heterocycles. The number of piperidine rings is 1. The largest absolute Gasteiger partial charge is 0.348 e. The molecular formula is C23H31N3O3S. The zero-order chi connectivity index (χ0) is 21.7. The van der Waals surface area contributed by atoms with Gasteiger partial charge in [0.2, 0.25) is 10.0 Å². The van der Waals surface area contributed by atoms with Crippen molar-refractivity contribution in [2.45, 2.75) is 38.3 Å². The van der Waals surface area contributed by atoms with Crippen molar-refractivity contribution in [2.75, 3.05) is 20.1 Å². The standard InChI is InChI=1S/C23H31N3O3S/c1-17-12-18(2)15-26(14-17)16-20-6-4-19(5-7-20)13-25-23(27)21-8-10-22(11-9-21)30(28,29)24-3/h4-11,17-18,24H,12-16H2,1-3H3,(H,25,27). The van der Waals surface area contributed by atoms with Gasteiger partial charge in [-0.05, 0) is 60.7 Å². The van der Waals surface area contributed by atoms with Crippen LogP contribution in [0, 0.1) is 11.8 Å². The van der Waals surface area contributed by atoms with Crippen molar-refractivity contribution in [1.82, 2.24) is 14.9 Å². The number of benzene rings is 2. The lowest BCUT2D eigenvalue weighted by Gasteiger charge is -2.35. The Morgan fingerprint density at radius 1 is 0.967 bits per heavy atom. The van der Waals surface area contributed by atoms with Gasteiger partial charge in [-0.2, -0.15) is 0 Å². The first-order valence-corrected chi connectivity index (χ1v) is 11.9. The van der Waals surface area contributed by atoms with Crippen LogP contribution in [0.1, 0.15) is 41.8 Å². The lowest BCUT2D eigenvalue weighted by atomic mass is 9.91. The van der Waals surface area contributed by atoms with E-state index < -0.39 is 10.0 Å². The third kappa shape index (κ3) is 5.90. The molecule has 0 radical (unpaired) electrons. The lowest BCUT2D eigenvalue weighted by molar-refractivity contribution is 0.0951. The molecule has 2 aromatic carbocycles. The van der Waals surface area contributed by atoms with Gasteiger partial charge in [0.05, 0.1) is 4.90 Å². The van der Waals surface area contributed by atoms with E-state index in [0.717, 1.165) is 37.0 Å². The second-order valence-corrected chi connectivity index (χ2v) is 10.3. The molecule has 0 aromatic heterocycles. The van der Waals surface area contributed by atoms with Crippen molar-refractivity contribution in [3.8, 4) is 0 Å². The van der Waals surface area contributed by atoms with E-state index in [0.29, 0.717) is 12.1 Å². The van der Waals surface area contributed by atoms with Crippen LogP contribution in [0.2, 0.25) is 0 Å². The van der Waals surface area contributed by atoms with Crippen molar-refractivity contribution in [3.63, 3.8) is 0 Å². The van der Waals surface area contributed by atoms with E-state index >= 15 is 0 Å². The summed E-state index contributed by atoms with van der Waals surface area (Å²) in [6.07, 6.45) is 1.31. The molecule has 3 rings (SSSR count). The SMILES string of the molecule is CNS(=O)(=O)c1ccc(C(=O)NCc2ccc(CN3CC(C)CC(C)C3)cc2)cc1. The highest BCUT2D eigenvalue weighted by molar-refractivity contribution is 7.89. The molecule has 6 nitrogen and oxygen atoms in total. The summed E-state index contributed by atoms with van der Waals surface area (Å²) >= 11 is 0. The highest BCUT2D eigenvalue weighted by atomic mass is 32.2. The Balaban J connectivity index is 1.53. The van der Waals surface area contributed by atoms with E-state index in [1.165, 1.54) is 43.3 Å². The molecule has 0 saturated carbocycles. The van der Waals surface area contributed by atoms with Crippen LogP contribution in [-0.2, 0) is 23.1 Å². The highest BCUT2D eigenvalue weighted by Crippen LogP contribution is 2.22. The van der Waals surface area contributed by atoms with Gasteiger partial charge in [0.15, 0.2) is 0 Å². The van der Waals surface area contributed by atoms with Gasteiger partial charge in [-0.3, -0.25) is 9.69 Å². The smallest absolute Gasteiger partial charge is 0.251 e. The molecule has 0 bridgehead atoms. The van der Waals surface area contributed by atoms with Crippen LogP contribution in [-0.4, -0.2) is 39.4 Å². The molecule has 2 unspecified atom stereocenters. The molecule has 162 valence electrons. The minimum absolute atomic E-state index is 0.134. The van der Waals surface area contributed by atoms with Crippen LogP contribution in [0.5, 0.6) is 0 Å². The molecule has 1 amide bonds. The Hall–Kier alpha value is -2.22. The fraction of sp³-hybridized carbons (Fsp3) is 0.435. The number of amides is 1. The maximum Gasteiger partial charge on any atom is 0.251 e. The summed E-state index contributed by atoms with van der Waals surface area (Å²) in [5.74, 6) is 1.26. The second kappa shape index (κ2) is 9.73. The lowest BCUT2D eigenvalue weighted by Crippen LogP contribution is -2.38. The molecular weight excluding hydrogens is 398 g/mol. The molecule has 2 aromatic rings. The van der Waals surface area contributed by atoms with Crippen LogP contribution in [0.4, 0.5) is 0 Å². The number of likely N-dealkylation sites (tertiary alicyclic amines) is 1. The first kappa shape index (κ1) is 22.5. The van der Waals surface area contributed by atoms with Gasteiger partial charge in [0, 0.05) is 31.7 Å². The predicted octanol–water partition coefficient (Wildman–Crippen LogP) is 3.00. The molecule has 1 saturated heterocycles. The van der Waals surface area contributed by atoms with Crippen molar-refractivity contribution in [3.05, 3.63) is 65.2 Å². The van der Waals surface area contributed by atoms with E-state index in [1.807, 2.05) is 0 Å². The molecule has 1 aliphatic heterocycles. The quantitative estimate of drug-likeness (QED) is 0.709. The van der Waals surface area contributed by atoms with Crippen molar-refractivity contribution >= 4 is 15.9 Å². The summed E-state index contributed by atoms with van der Waals surface area (Å²) in [5.41, 5.74) is 2.74. The number of carbonyl (C=O) groups excluding carboxylic acids is 1. The van der Waals surface area contributed by atoms with E-state index in [1.54, 1.807) is 0 Å². The van der Waals surface area contributed by atoms with Gasteiger partial charge in [-0.25, -0.2) is 13.1 Å². The third-order valence-electron chi connectivity index (χ3n) is 5.52.